The van der Waals surface area contributed by atoms with Crippen molar-refractivity contribution in [3.05, 3.63) is 34.4 Å². The second-order valence-corrected chi connectivity index (χ2v) is 7.54. The first-order valence-corrected chi connectivity index (χ1v) is 9.77. The van der Waals surface area contributed by atoms with Gasteiger partial charge in [-0.2, -0.15) is 0 Å². The molecule has 1 heterocycles. The van der Waals surface area contributed by atoms with E-state index in [1.807, 2.05) is 11.8 Å². The number of aliphatic imine (C=N–C) groups is 1. The topological polar surface area (TPSA) is 137 Å². The lowest BCUT2D eigenvalue weighted by Crippen LogP contribution is -2.41. The van der Waals surface area contributed by atoms with Crippen LogP contribution in [0.2, 0.25) is 0 Å². The van der Waals surface area contributed by atoms with Crippen LogP contribution in [0.5, 0.6) is 0 Å². The predicted molar refractivity (Wildman–Crippen MR) is 96.5 cm³/mol. The van der Waals surface area contributed by atoms with E-state index in [1.165, 1.54) is 18.2 Å². The van der Waals surface area contributed by atoms with Crippen LogP contribution in [-0.4, -0.2) is 68.1 Å². The van der Waals surface area contributed by atoms with E-state index in [-0.39, 0.29) is 29.8 Å². The largest absolute Gasteiger partial charge is 0.391 e. The highest BCUT2D eigenvalue weighted by Gasteiger charge is 2.23. The zero-order chi connectivity index (χ0) is 19.2. The highest BCUT2D eigenvalue weighted by atomic mass is 32.2. The number of hydrogen-bond donors (Lipinski definition) is 3. The van der Waals surface area contributed by atoms with Crippen LogP contribution in [0.3, 0.4) is 0 Å². The monoisotopic (exact) mass is 385 g/mol. The van der Waals surface area contributed by atoms with Crippen LogP contribution in [0, 0.1) is 10.1 Å². The van der Waals surface area contributed by atoms with Gasteiger partial charge in [-0.15, -0.1) is 0 Å². The molecule has 0 aromatic heterocycles. The van der Waals surface area contributed by atoms with Gasteiger partial charge in [-0.05, 0) is 19.4 Å². The number of guanidine groups is 1. The highest BCUT2D eigenvalue weighted by Crippen LogP contribution is 2.17. The first-order chi connectivity index (χ1) is 12.3. The normalized spacial score (nSPS) is 18.2. The number of nitrogens with one attached hydrogen (secondary N) is 2. The van der Waals surface area contributed by atoms with E-state index in [0.717, 1.165) is 6.07 Å². The summed E-state index contributed by atoms with van der Waals surface area (Å²) in [5.74, 6) is 0.624. The highest BCUT2D eigenvalue weighted by molar-refractivity contribution is 7.89. The van der Waals surface area contributed by atoms with Crippen molar-refractivity contribution in [1.82, 2.24) is 14.9 Å². The fourth-order valence-electron chi connectivity index (χ4n) is 2.55. The van der Waals surface area contributed by atoms with Crippen LogP contribution in [0.15, 0.2) is 34.2 Å². The molecule has 0 bridgehead atoms. The number of aliphatic hydroxyl groups is 1. The van der Waals surface area contributed by atoms with Crippen molar-refractivity contribution in [3.63, 3.8) is 0 Å². The number of hydrogen-bond acceptors (Lipinski definition) is 6. The Morgan fingerprint density at radius 3 is 2.88 bits per heavy atom. The van der Waals surface area contributed by atoms with Gasteiger partial charge in [0.25, 0.3) is 5.69 Å². The molecule has 0 unspecified atom stereocenters. The number of nitrogens with zero attached hydrogens (tertiary/aromatic N) is 3. The number of benzene rings is 1. The summed E-state index contributed by atoms with van der Waals surface area (Å²) in [6.45, 7) is 4.01. The maximum atomic E-state index is 12.2. The van der Waals surface area contributed by atoms with Crippen LogP contribution in [-0.2, 0) is 10.0 Å². The van der Waals surface area contributed by atoms with Crippen LogP contribution < -0.4 is 10.0 Å². The molecule has 26 heavy (non-hydrogen) atoms. The molecule has 1 aromatic carbocycles. The molecule has 0 amide bonds. The molecule has 0 spiro atoms. The van der Waals surface area contributed by atoms with Crippen molar-refractivity contribution >= 4 is 21.7 Å². The maximum Gasteiger partial charge on any atom is 0.270 e. The molecule has 2 rings (SSSR count). The Morgan fingerprint density at radius 1 is 1.50 bits per heavy atom. The van der Waals surface area contributed by atoms with E-state index in [0.29, 0.717) is 32.0 Å². The van der Waals surface area contributed by atoms with Crippen molar-refractivity contribution in [1.29, 1.82) is 0 Å². The van der Waals surface area contributed by atoms with Crippen molar-refractivity contribution in [3.8, 4) is 0 Å². The Hall–Kier alpha value is -2.24. The first-order valence-electron chi connectivity index (χ1n) is 8.29. The lowest BCUT2D eigenvalue weighted by molar-refractivity contribution is -0.385. The summed E-state index contributed by atoms with van der Waals surface area (Å²) >= 11 is 0. The van der Waals surface area contributed by atoms with Crippen LogP contribution >= 0.6 is 0 Å². The summed E-state index contributed by atoms with van der Waals surface area (Å²) in [4.78, 5) is 16.2. The number of sulfonamides is 1. The predicted octanol–water partition coefficient (Wildman–Crippen LogP) is -0.0948. The molecule has 144 valence electrons. The molecule has 0 radical (unpaired) electrons. The Labute approximate surface area is 152 Å². The van der Waals surface area contributed by atoms with E-state index >= 15 is 0 Å². The molecule has 0 aliphatic carbocycles. The number of rotatable bonds is 7. The molecule has 1 aromatic rings. The van der Waals surface area contributed by atoms with Crippen molar-refractivity contribution in [2.75, 3.05) is 32.7 Å². The average Bonchev–Trinajstić information content (AvgIpc) is 3.04. The molecule has 1 aliphatic heterocycles. The molecule has 1 saturated heterocycles. The molecular weight excluding hydrogens is 362 g/mol. The average molecular weight is 385 g/mol. The number of aliphatic hydroxyl groups excluding tert-OH is 1. The summed E-state index contributed by atoms with van der Waals surface area (Å²) in [5, 5.41) is 23.5. The molecule has 1 atom stereocenters. The maximum absolute atomic E-state index is 12.2. The Kier molecular flexibility index (Phi) is 6.89. The van der Waals surface area contributed by atoms with Gasteiger partial charge in [-0.25, -0.2) is 13.1 Å². The Balaban J connectivity index is 1.96. The Bertz CT molecular complexity index is 767. The summed E-state index contributed by atoms with van der Waals surface area (Å²) in [7, 11) is -3.85. The van der Waals surface area contributed by atoms with E-state index in [2.05, 4.69) is 15.0 Å². The van der Waals surface area contributed by atoms with Gasteiger partial charge in [0.1, 0.15) is 0 Å². The van der Waals surface area contributed by atoms with E-state index in [4.69, 9.17) is 0 Å². The molecule has 0 saturated carbocycles. The van der Waals surface area contributed by atoms with Crippen molar-refractivity contribution in [2.24, 2.45) is 4.99 Å². The lowest BCUT2D eigenvalue weighted by atomic mass is 10.3. The third kappa shape index (κ3) is 5.38. The van der Waals surface area contributed by atoms with E-state index in [1.54, 1.807) is 0 Å². The molecular formula is C15H23N5O5S. The first kappa shape index (κ1) is 20.1. The summed E-state index contributed by atoms with van der Waals surface area (Å²) < 4.78 is 26.9. The number of nitro benzene ring substituents is 1. The van der Waals surface area contributed by atoms with Crippen LogP contribution in [0.4, 0.5) is 5.69 Å². The number of likely N-dealkylation sites (tertiary alicyclic amines) is 1. The van der Waals surface area contributed by atoms with Crippen molar-refractivity contribution < 1.29 is 18.4 Å². The van der Waals surface area contributed by atoms with Gasteiger partial charge in [0.05, 0.1) is 22.5 Å². The van der Waals surface area contributed by atoms with Gasteiger partial charge in [0.15, 0.2) is 5.96 Å². The Morgan fingerprint density at radius 2 is 2.27 bits per heavy atom. The SMILES string of the molecule is CCNC(=NCCNS(=O)(=O)c1cccc([N+](=O)[O-])c1)N1CC[C@@H](O)C1. The molecule has 3 N–H and O–H groups in total. The van der Waals surface area contributed by atoms with Crippen LogP contribution in [0.1, 0.15) is 13.3 Å². The minimum absolute atomic E-state index is 0.0519. The molecule has 1 aliphatic rings. The standard InChI is InChI=1S/C15H23N5O5S/c1-2-16-15(19-9-6-13(21)11-19)17-7-8-18-26(24,25)14-5-3-4-12(10-14)20(22)23/h3-5,10,13,18,21H,2,6-9,11H2,1H3,(H,16,17)/t13-/m1/s1. The number of β-amino-alcohol motifs (C(OH)–C–C–N with tert-alkyl or cyclic N) is 1. The van der Waals surface area contributed by atoms with Crippen LogP contribution in [0.25, 0.3) is 0 Å². The minimum atomic E-state index is -3.85. The van der Waals surface area contributed by atoms with Gasteiger partial charge < -0.3 is 15.3 Å². The lowest BCUT2D eigenvalue weighted by Gasteiger charge is -2.20. The smallest absolute Gasteiger partial charge is 0.270 e. The number of nitro groups is 1. The zero-order valence-corrected chi connectivity index (χ0v) is 15.3. The molecule has 10 nitrogen and oxygen atoms in total. The summed E-state index contributed by atoms with van der Waals surface area (Å²) in [6, 6.07) is 4.87. The summed E-state index contributed by atoms with van der Waals surface area (Å²) in [6.07, 6.45) is 0.287. The quantitative estimate of drug-likeness (QED) is 0.196. The second kappa shape index (κ2) is 8.92. The minimum Gasteiger partial charge on any atom is -0.391 e. The fraction of sp³-hybridized carbons (Fsp3) is 0.533. The van der Waals surface area contributed by atoms with Gasteiger partial charge in [0, 0.05) is 38.3 Å². The van der Waals surface area contributed by atoms with Crippen molar-refractivity contribution in [2.45, 2.75) is 24.3 Å². The number of non-ortho nitro benzene ring substituents is 1. The molecule has 1 fully saturated rings. The zero-order valence-electron chi connectivity index (χ0n) is 14.5. The van der Waals surface area contributed by atoms with Gasteiger partial charge in [-0.3, -0.25) is 15.1 Å². The van der Waals surface area contributed by atoms with Gasteiger partial charge >= 0.3 is 0 Å². The fourth-order valence-corrected chi connectivity index (χ4v) is 3.61. The second-order valence-electron chi connectivity index (χ2n) is 5.78. The third-order valence-electron chi connectivity index (χ3n) is 3.80. The van der Waals surface area contributed by atoms with Gasteiger partial charge in [-0.1, -0.05) is 6.07 Å². The molecule has 11 heteroatoms. The van der Waals surface area contributed by atoms with E-state index < -0.39 is 14.9 Å². The third-order valence-corrected chi connectivity index (χ3v) is 5.26. The van der Waals surface area contributed by atoms with E-state index in [9.17, 15) is 23.6 Å². The van der Waals surface area contributed by atoms with Gasteiger partial charge in [0.2, 0.25) is 10.0 Å². The summed E-state index contributed by atoms with van der Waals surface area (Å²) in [5.41, 5.74) is -0.284.